The second kappa shape index (κ2) is 4.77. The largest absolute Gasteiger partial charge is 0.334 e. The van der Waals surface area contributed by atoms with E-state index in [9.17, 15) is 0 Å². The number of fused-ring (bicyclic) bond motifs is 1. The number of nitrogens with one attached hydrogen (secondary N) is 1. The monoisotopic (exact) mass is 283 g/mol. The molecule has 1 aliphatic heterocycles. The molecule has 1 spiro atoms. The zero-order chi connectivity index (χ0) is 13.4. The van der Waals surface area contributed by atoms with Gasteiger partial charge in [0.2, 0.25) is 0 Å². The lowest BCUT2D eigenvalue weighted by Crippen LogP contribution is -2.21. The van der Waals surface area contributed by atoms with Crippen LogP contribution < -0.4 is 5.32 Å². The van der Waals surface area contributed by atoms with Gasteiger partial charge in [-0.1, -0.05) is 36.7 Å². The average molecular weight is 283 g/mol. The molecule has 2 aliphatic rings. The van der Waals surface area contributed by atoms with E-state index < -0.39 is 0 Å². The van der Waals surface area contributed by atoms with Crippen molar-refractivity contribution in [1.29, 1.82) is 0 Å². The third-order valence-electron chi connectivity index (χ3n) is 4.28. The average Bonchev–Trinajstić information content (AvgIpc) is 3.10. The van der Waals surface area contributed by atoms with Crippen LogP contribution in [0, 0.1) is 0 Å². The molecule has 1 saturated carbocycles. The van der Waals surface area contributed by atoms with Crippen LogP contribution in [0.15, 0.2) is 41.7 Å². The van der Waals surface area contributed by atoms with E-state index in [0.717, 1.165) is 22.0 Å². The Morgan fingerprint density at radius 2 is 2.05 bits per heavy atom. The van der Waals surface area contributed by atoms with E-state index in [1.807, 2.05) is 30.2 Å². The zero-order valence-corrected chi connectivity index (χ0v) is 12.1. The molecule has 1 fully saturated rings. The fourth-order valence-corrected chi connectivity index (χ4v) is 4.37. The molecule has 1 N–H and O–H groups in total. The lowest BCUT2D eigenvalue weighted by Gasteiger charge is -2.16. The number of rotatable bonds is 1. The molecule has 0 atom stereocenters. The fourth-order valence-electron chi connectivity index (χ4n) is 3.17. The summed E-state index contributed by atoms with van der Waals surface area (Å²) >= 11 is 1.86. The van der Waals surface area contributed by atoms with Crippen LogP contribution in [0.2, 0.25) is 0 Å². The van der Waals surface area contributed by atoms with Gasteiger partial charge in [-0.3, -0.25) is 9.98 Å². The van der Waals surface area contributed by atoms with Crippen molar-refractivity contribution >= 4 is 33.4 Å². The van der Waals surface area contributed by atoms with E-state index in [1.54, 1.807) is 0 Å². The molecule has 20 heavy (non-hydrogen) atoms. The van der Waals surface area contributed by atoms with Gasteiger partial charge in [0.25, 0.3) is 0 Å². The molecule has 0 unspecified atom stereocenters. The third-order valence-corrected chi connectivity index (χ3v) is 5.42. The molecule has 2 aromatic rings. The van der Waals surface area contributed by atoms with Crippen molar-refractivity contribution < 1.29 is 0 Å². The molecule has 4 rings (SSSR count). The minimum Gasteiger partial charge on any atom is -0.334 e. The van der Waals surface area contributed by atoms with Gasteiger partial charge in [-0.2, -0.15) is 0 Å². The van der Waals surface area contributed by atoms with Crippen LogP contribution in [0.1, 0.15) is 25.7 Å². The van der Waals surface area contributed by atoms with E-state index in [1.165, 1.54) is 31.1 Å². The number of thioether (sulfide) groups is 1. The molecule has 1 aliphatic carbocycles. The Bertz CT molecular complexity index is 669. The van der Waals surface area contributed by atoms with Crippen molar-refractivity contribution in [2.24, 2.45) is 4.99 Å². The molecule has 102 valence electrons. The van der Waals surface area contributed by atoms with Crippen LogP contribution in [0.25, 0.3) is 10.8 Å². The molecule has 0 saturated heterocycles. The number of aliphatic imine (C=N–C) groups is 1. The van der Waals surface area contributed by atoms with E-state index in [0.29, 0.717) is 0 Å². The Hall–Kier alpha value is -1.55. The van der Waals surface area contributed by atoms with Crippen LogP contribution in [-0.2, 0) is 0 Å². The van der Waals surface area contributed by atoms with E-state index in [4.69, 9.17) is 4.99 Å². The lowest BCUT2D eigenvalue weighted by atomic mass is 10.0. The van der Waals surface area contributed by atoms with Gasteiger partial charge in [0.15, 0.2) is 5.17 Å². The molecular weight excluding hydrogens is 266 g/mol. The van der Waals surface area contributed by atoms with Crippen molar-refractivity contribution in [3.05, 3.63) is 36.7 Å². The van der Waals surface area contributed by atoms with Crippen molar-refractivity contribution in [2.45, 2.75) is 31.2 Å². The first-order valence-electron chi connectivity index (χ1n) is 7.17. The first kappa shape index (κ1) is 12.2. The summed E-state index contributed by atoms with van der Waals surface area (Å²) in [6.45, 7) is 0. The molecule has 0 amide bonds. The van der Waals surface area contributed by atoms with Gasteiger partial charge < -0.3 is 5.32 Å². The Morgan fingerprint density at radius 3 is 2.95 bits per heavy atom. The number of anilines is 1. The fraction of sp³-hybridized carbons (Fsp3) is 0.375. The van der Waals surface area contributed by atoms with Gasteiger partial charge in [0.05, 0.1) is 5.54 Å². The van der Waals surface area contributed by atoms with Crippen LogP contribution in [0.5, 0.6) is 0 Å². The Labute approximate surface area is 122 Å². The molecule has 1 aromatic carbocycles. The molecule has 3 nitrogen and oxygen atoms in total. The van der Waals surface area contributed by atoms with Gasteiger partial charge >= 0.3 is 0 Å². The number of hydrogen-bond acceptors (Lipinski definition) is 4. The summed E-state index contributed by atoms with van der Waals surface area (Å²) in [7, 11) is 0. The van der Waals surface area contributed by atoms with Gasteiger partial charge in [-0.05, 0) is 30.4 Å². The molecule has 0 radical (unpaired) electrons. The molecular formula is C16H17N3S. The predicted octanol–water partition coefficient (Wildman–Crippen LogP) is 4.06. The number of amidine groups is 1. The Kier molecular flexibility index (Phi) is 2.91. The van der Waals surface area contributed by atoms with E-state index >= 15 is 0 Å². The van der Waals surface area contributed by atoms with Crippen LogP contribution in [-0.4, -0.2) is 21.4 Å². The summed E-state index contributed by atoms with van der Waals surface area (Å²) in [5.74, 6) is 1.14. The molecule has 4 heteroatoms. The topological polar surface area (TPSA) is 37.3 Å². The highest BCUT2D eigenvalue weighted by Crippen LogP contribution is 2.41. The molecule has 2 heterocycles. The first-order chi connectivity index (χ1) is 9.85. The van der Waals surface area contributed by atoms with Gasteiger partial charge in [0, 0.05) is 29.2 Å². The number of pyridine rings is 1. The summed E-state index contributed by atoms with van der Waals surface area (Å²) < 4.78 is 0. The first-order valence-corrected chi connectivity index (χ1v) is 8.16. The number of hydrogen-bond donors (Lipinski definition) is 1. The highest BCUT2D eigenvalue weighted by atomic mass is 32.2. The number of benzene rings is 1. The van der Waals surface area contributed by atoms with Crippen molar-refractivity contribution in [2.75, 3.05) is 11.1 Å². The maximum absolute atomic E-state index is 4.97. The van der Waals surface area contributed by atoms with Crippen LogP contribution in [0.4, 0.5) is 5.69 Å². The van der Waals surface area contributed by atoms with Gasteiger partial charge in [-0.15, -0.1) is 0 Å². The summed E-state index contributed by atoms with van der Waals surface area (Å²) in [6.07, 6.45) is 8.92. The summed E-state index contributed by atoms with van der Waals surface area (Å²) in [5, 5.41) is 6.95. The van der Waals surface area contributed by atoms with Crippen molar-refractivity contribution in [3.8, 4) is 0 Å². The van der Waals surface area contributed by atoms with Gasteiger partial charge in [0.1, 0.15) is 0 Å². The summed E-state index contributed by atoms with van der Waals surface area (Å²) in [6, 6.07) is 8.34. The molecule has 0 bridgehead atoms. The smallest absolute Gasteiger partial charge is 0.161 e. The molecule has 1 aromatic heterocycles. The standard InChI is InChI=1S/C16H17N3S/c1-2-8-16(7-1)11-20-15(19-16)18-14-5-3-4-12-6-9-17-10-13(12)14/h3-6,9-10H,1-2,7-8,11H2,(H,18,19). The van der Waals surface area contributed by atoms with E-state index in [2.05, 4.69) is 28.5 Å². The normalized spacial score (nSPS) is 20.5. The van der Waals surface area contributed by atoms with Crippen molar-refractivity contribution in [1.82, 2.24) is 4.98 Å². The predicted molar refractivity (Wildman–Crippen MR) is 86.5 cm³/mol. The highest BCUT2D eigenvalue weighted by Gasteiger charge is 2.38. The summed E-state index contributed by atoms with van der Waals surface area (Å²) in [5.41, 5.74) is 1.34. The number of aromatic nitrogens is 1. The van der Waals surface area contributed by atoms with Crippen LogP contribution in [0.3, 0.4) is 0 Å². The minimum absolute atomic E-state index is 0.232. The second-order valence-electron chi connectivity index (χ2n) is 5.66. The van der Waals surface area contributed by atoms with Crippen molar-refractivity contribution in [3.63, 3.8) is 0 Å². The third kappa shape index (κ3) is 2.08. The quantitative estimate of drug-likeness (QED) is 0.857. The summed E-state index contributed by atoms with van der Waals surface area (Å²) in [4.78, 5) is 9.20. The van der Waals surface area contributed by atoms with E-state index in [-0.39, 0.29) is 5.54 Å². The zero-order valence-electron chi connectivity index (χ0n) is 11.3. The van der Waals surface area contributed by atoms with Crippen LogP contribution >= 0.6 is 11.8 Å². The maximum atomic E-state index is 4.97. The maximum Gasteiger partial charge on any atom is 0.161 e. The highest BCUT2D eigenvalue weighted by molar-refractivity contribution is 8.14. The second-order valence-corrected chi connectivity index (χ2v) is 6.63. The minimum atomic E-state index is 0.232. The SMILES string of the molecule is c1cc(NC2=NC3(CCCC3)CS2)c2cnccc2c1. The lowest BCUT2D eigenvalue weighted by molar-refractivity contribution is 0.508. The Balaban J connectivity index is 1.65. The number of nitrogens with zero attached hydrogens (tertiary/aromatic N) is 2. The van der Waals surface area contributed by atoms with Gasteiger partial charge in [-0.25, -0.2) is 0 Å². The Morgan fingerprint density at radius 1 is 1.15 bits per heavy atom.